The summed E-state index contributed by atoms with van der Waals surface area (Å²) >= 11 is 0. The summed E-state index contributed by atoms with van der Waals surface area (Å²) in [5, 5.41) is 9.54. The molecule has 3 heteroatoms. The summed E-state index contributed by atoms with van der Waals surface area (Å²) in [5.74, 6) is 0.388. The summed E-state index contributed by atoms with van der Waals surface area (Å²) in [6.45, 7) is 11.7. The van der Waals surface area contributed by atoms with Crippen LogP contribution in [0.5, 0.6) is 0 Å². The van der Waals surface area contributed by atoms with Crippen molar-refractivity contribution in [3.05, 3.63) is 0 Å². The molecule has 0 aromatic heterocycles. The average Bonchev–Trinajstić information content (AvgIpc) is 2.48. The summed E-state index contributed by atoms with van der Waals surface area (Å²) in [6, 6.07) is 0. The highest BCUT2D eigenvalue weighted by atomic mass is 28.4. The minimum Gasteiger partial charge on any atom is -0.414 e. The van der Waals surface area contributed by atoms with Crippen molar-refractivity contribution in [2.75, 3.05) is 6.61 Å². The van der Waals surface area contributed by atoms with E-state index in [9.17, 15) is 5.11 Å². The van der Waals surface area contributed by atoms with E-state index in [1.54, 1.807) is 0 Å². The molecule has 0 unspecified atom stereocenters. The van der Waals surface area contributed by atoms with Crippen LogP contribution in [-0.4, -0.2) is 26.1 Å². The lowest BCUT2D eigenvalue weighted by atomic mass is 10.1. The van der Waals surface area contributed by atoms with E-state index < -0.39 is 8.32 Å². The van der Waals surface area contributed by atoms with Gasteiger partial charge < -0.3 is 9.53 Å². The second-order valence-corrected chi connectivity index (χ2v) is 11.0. The zero-order chi connectivity index (χ0) is 11.7. The van der Waals surface area contributed by atoms with Gasteiger partial charge in [-0.2, -0.15) is 0 Å². The molecule has 0 bridgehead atoms. The van der Waals surface area contributed by atoms with Crippen LogP contribution in [0.1, 0.15) is 40.0 Å². The highest BCUT2D eigenvalue weighted by Crippen LogP contribution is 2.40. The predicted octanol–water partition coefficient (Wildman–Crippen LogP) is 3.17. The minimum atomic E-state index is -1.64. The summed E-state index contributed by atoms with van der Waals surface area (Å²) in [4.78, 5) is 0. The van der Waals surface area contributed by atoms with E-state index in [2.05, 4.69) is 33.9 Å². The Morgan fingerprint density at radius 2 is 1.87 bits per heavy atom. The molecule has 0 amide bonds. The fourth-order valence-corrected chi connectivity index (χ4v) is 3.34. The molecule has 15 heavy (non-hydrogen) atoms. The van der Waals surface area contributed by atoms with Gasteiger partial charge >= 0.3 is 0 Å². The fourth-order valence-electron chi connectivity index (χ4n) is 1.92. The van der Waals surface area contributed by atoms with Crippen LogP contribution in [0, 0.1) is 5.92 Å². The van der Waals surface area contributed by atoms with Crippen molar-refractivity contribution < 1.29 is 9.53 Å². The topological polar surface area (TPSA) is 29.5 Å². The van der Waals surface area contributed by atoms with E-state index in [1.807, 2.05) is 0 Å². The molecule has 1 saturated carbocycles. The molecule has 0 aliphatic heterocycles. The van der Waals surface area contributed by atoms with E-state index in [0.717, 1.165) is 12.8 Å². The first-order valence-electron chi connectivity index (χ1n) is 6.06. The van der Waals surface area contributed by atoms with Crippen molar-refractivity contribution in [2.24, 2.45) is 5.92 Å². The molecule has 0 aromatic rings. The highest BCUT2D eigenvalue weighted by Gasteiger charge is 2.41. The Morgan fingerprint density at radius 1 is 1.27 bits per heavy atom. The maximum Gasteiger partial charge on any atom is 0.192 e. The molecular weight excluding hydrogens is 204 g/mol. The van der Waals surface area contributed by atoms with Gasteiger partial charge in [-0.25, -0.2) is 0 Å². The van der Waals surface area contributed by atoms with Crippen LogP contribution in [-0.2, 0) is 4.43 Å². The van der Waals surface area contributed by atoms with Crippen LogP contribution in [0.2, 0.25) is 18.1 Å². The highest BCUT2D eigenvalue weighted by molar-refractivity contribution is 6.74. The van der Waals surface area contributed by atoms with Gasteiger partial charge in [-0.1, -0.05) is 27.2 Å². The summed E-state index contributed by atoms with van der Waals surface area (Å²) in [7, 11) is -1.64. The number of aliphatic hydroxyl groups excluding tert-OH is 1. The summed E-state index contributed by atoms with van der Waals surface area (Å²) < 4.78 is 6.35. The lowest BCUT2D eigenvalue weighted by Crippen LogP contribution is -2.45. The lowest BCUT2D eigenvalue weighted by molar-refractivity contribution is 0.0981. The average molecular weight is 230 g/mol. The molecule has 1 aliphatic rings. The van der Waals surface area contributed by atoms with Gasteiger partial charge in [0, 0.05) is 12.5 Å². The molecule has 1 aliphatic carbocycles. The first-order chi connectivity index (χ1) is 6.78. The number of aliphatic hydroxyl groups is 1. The number of rotatable bonds is 3. The first-order valence-corrected chi connectivity index (χ1v) is 8.97. The molecule has 90 valence electrons. The summed E-state index contributed by atoms with van der Waals surface area (Å²) in [5.41, 5.74) is 0. The van der Waals surface area contributed by atoms with E-state index in [1.165, 1.54) is 6.42 Å². The molecule has 2 nitrogen and oxygen atoms in total. The zero-order valence-electron chi connectivity index (χ0n) is 10.8. The number of hydrogen-bond acceptors (Lipinski definition) is 2. The molecule has 0 radical (unpaired) electrons. The Kier molecular flexibility index (Phi) is 4.01. The van der Waals surface area contributed by atoms with Crippen molar-refractivity contribution in [1.29, 1.82) is 0 Å². The van der Waals surface area contributed by atoms with Crippen LogP contribution >= 0.6 is 0 Å². The quantitative estimate of drug-likeness (QED) is 0.755. The van der Waals surface area contributed by atoms with Crippen LogP contribution in [0.4, 0.5) is 0 Å². The van der Waals surface area contributed by atoms with Gasteiger partial charge in [0.25, 0.3) is 0 Å². The van der Waals surface area contributed by atoms with Crippen molar-refractivity contribution >= 4 is 8.32 Å². The van der Waals surface area contributed by atoms with Crippen LogP contribution < -0.4 is 0 Å². The second-order valence-electron chi connectivity index (χ2n) is 6.29. The van der Waals surface area contributed by atoms with Crippen molar-refractivity contribution in [3.63, 3.8) is 0 Å². The van der Waals surface area contributed by atoms with E-state index >= 15 is 0 Å². The predicted molar refractivity (Wildman–Crippen MR) is 66.5 cm³/mol. The minimum absolute atomic E-state index is 0.273. The maximum atomic E-state index is 9.27. The van der Waals surface area contributed by atoms with Crippen LogP contribution in [0.15, 0.2) is 0 Å². The molecule has 1 rings (SSSR count). The van der Waals surface area contributed by atoms with Crippen LogP contribution in [0.3, 0.4) is 0 Å². The van der Waals surface area contributed by atoms with E-state index in [-0.39, 0.29) is 5.04 Å². The van der Waals surface area contributed by atoms with Crippen LogP contribution in [0.25, 0.3) is 0 Å². The molecule has 0 saturated heterocycles. The standard InChI is InChI=1S/C12H26O2Si/c1-12(2,3)15(4,5)14-11-8-6-7-10(11)9-13/h10-11,13H,6-9H2,1-5H3/t10-,11+/m0/s1. The van der Waals surface area contributed by atoms with Gasteiger partial charge in [-0.05, 0) is 31.0 Å². The summed E-state index contributed by atoms with van der Waals surface area (Å²) in [6.07, 6.45) is 3.80. The van der Waals surface area contributed by atoms with E-state index in [4.69, 9.17) is 4.43 Å². The fraction of sp³-hybridized carbons (Fsp3) is 1.00. The lowest BCUT2D eigenvalue weighted by Gasteiger charge is -2.39. The molecule has 2 atom stereocenters. The Balaban J connectivity index is 2.60. The molecule has 1 fully saturated rings. The zero-order valence-corrected chi connectivity index (χ0v) is 11.8. The number of hydrogen-bond donors (Lipinski definition) is 1. The SMILES string of the molecule is CC(C)(C)[Si](C)(C)O[C@@H]1CCC[C@H]1CO. The van der Waals surface area contributed by atoms with E-state index in [0.29, 0.717) is 18.6 Å². The molecule has 1 N–H and O–H groups in total. The Hall–Kier alpha value is 0.137. The Labute approximate surface area is 95.2 Å². The third-order valence-electron chi connectivity index (χ3n) is 4.08. The molecule has 0 spiro atoms. The first kappa shape index (κ1) is 13.2. The smallest absolute Gasteiger partial charge is 0.192 e. The van der Waals surface area contributed by atoms with Gasteiger partial charge in [0.15, 0.2) is 8.32 Å². The Bertz CT molecular complexity index is 208. The van der Waals surface area contributed by atoms with Crippen molar-refractivity contribution in [2.45, 2.75) is 64.3 Å². The van der Waals surface area contributed by atoms with Gasteiger partial charge in [0.05, 0.1) is 6.10 Å². The van der Waals surface area contributed by atoms with Crippen molar-refractivity contribution in [3.8, 4) is 0 Å². The molecule has 0 aromatic carbocycles. The largest absolute Gasteiger partial charge is 0.414 e. The maximum absolute atomic E-state index is 9.27. The van der Waals surface area contributed by atoms with Gasteiger partial charge in [-0.3, -0.25) is 0 Å². The monoisotopic (exact) mass is 230 g/mol. The molecule has 0 heterocycles. The second kappa shape index (κ2) is 4.56. The third kappa shape index (κ3) is 3.05. The Morgan fingerprint density at radius 3 is 2.33 bits per heavy atom. The molecular formula is C12H26O2Si. The van der Waals surface area contributed by atoms with Gasteiger partial charge in [0.1, 0.15) is 0 Å². The van der Waals surface area contributed by atoms with Gasteiger partial charge in [-0.15, -0.1) is 0 Å². The normalized spacial score (nSPS) is 28.4. The van der Waals surface area contributed by atoms with Crippen molar-refractivity contribution in [1.82, 2.24) is 0 Å². The van der Waals surface area contributed by atoms with Gasteiger partial charge in [0.2, 0.25) is 0 Å². The third-order valence-corrected chi connectivity index (χ3v) is 8.58.